The van der Waals surface area contributed by atoms with Crippen LogP contribution in [0.4, 0.5) is 18.9 Å². The molecule has 0 radical (unpaired) electrons. The molecule has 0 atom stereocenters. The van der Waals surface area contributed by atoms with Gasteiger partial charge >= 0.3 is 6.18 Å². The smallest absolute Gasteiger partial charge is 0.421 e. The van der Waals surface area contributed by atoms with Crippen molar-refractivity contribution in [2.45, 2.75) is 19.3 Å². The molecule has 0 aliphatic rings. The SMILES string of the molecule is COc1ccc(NC(=O)Cn2cccc(C(F)(F)F)c2=O)cc1OCc1cn2ccccc2n1. The van der Waals surface area contributed by atoms with Gasteiger partial charge in [0.15, 0.2) is 11.5 Å². The van der Waals surface area contributed by atoms with Crippen molar-refractivity contribution in [3.63, 3.8) is 0 Å². The number of amides is 1. The van der Waals surface area contributed by atoms with Gasteiger partial charge in [-0.15, -0.1) is 0 Å². The lowest BCUT2D eigenvalue weighted by Gasteiger charge is -2.13. The lowest BCUT2D eigenvalue weighted by atomic mass is 10.2. The molecule has 0 spiro atoms. The highest BCUT2D eigenvalue weighted by Gasteiger charge is 2.34. The number of nitrogens with zero attached hydrogens (tertiary/aromatic N) is 3. The fourth-order valence-corrected chi connectivity index (χ4v) is 3.31. The van der Waals surface area contributed by atoms with E-state index in [9.17, 15) is 22.8 Å². The van der Waals surface area contributed by atoms with Crippen molar-refractivity contribution in [2.75, 3.05) is 12.4 Å². The van der Waals surface area contributed by atoms with E-state index in [-0.39, 0.29) is 6.61 Å². The minimum atomic E-state index is -4.81. The molecule has 1 N–H and O–H groups in total. The summed E-state index contributed by atoms with van der Waals surface area (Å²) in [6, 6.07) is 12.0. The Morgan fingerprint density at radius 1 is 1.09 bits per heavy atom. The van der Waals surface area contributed by atoms with E-state index in [2.05, 4.69) is 10.3 Å². The predicted octanol–water partition coefficient (Wildman–Crippen LogP) is 3.74. The van der Waals surface area contributed by atoms with E-state index in [1.54, 1.807) is 12.1 Å². The first kappa shape index (κ1) is 22.9. The van der Waals surface area contributed by atoms with Gasteiger partial charge in [-0.05, 0) is 36.4 Å². The third-order valence-electron chi connectivity index (χ3n) is 4.88. The molecule has 4 rings (SSSR count). The highest BCUT2D eigenvalue weighted by Crippen LogP contribution is 2.31. The maximum absolute atomic E-state index is 12.9. The number of imidazole rings is 1. The number of nitrogens with one attached hydrogen (secondary N) is 1. The Kier molecular flexibility index (Phi) is 6.26. The Morgan fingerprint density at radius 2 is 1.91 bits per heavy atom. The largest absolute Gasteiger partial charge is 0.493 e. The standard InChI is InChI=1S/C23H19F3N4O4/c1-33-18-8-7-15(11-19(18)34-14-16-12-29-9-3-2-6-20(29)27-16)28-21(31)13-30-10-4-5-17(22(30)32)23(24,25)26/h2-12H,13-14H2,1H3,(H,28,31). The van der Waals surface area contributed by atoms with Crippen molar-refractivity contribution in [3.8, 4) is 11.5 Å². The van der Waals surface area contributed by atoms with Crippen LogP contribution in [0.3, 0.4) is 0 Å². The minimum absolute atomic E-state index is 0.134. The number of carbonyl (C=O) groups is 1. The number of hydrogen-bond donors (Lipinski definition) is 1. The van der Waals surface area contributed by atoms with Crippen LogP contribution >= 0.6 is 0 Å². The summed E-state index contributed by atoms with van der Waals surface area (Å²) in [6.45, 7) is -0.457. The molecule has 3 heterocycles. The van der Waals surface area contributed by atoms with Crippen molar-refractivity contribution in [3.05, 3.63) is 88.7 Å². The molecule has 4 aromatic rings. The number of carbonyl (C=O) groups excluding carboxylic acids is 1. The van der Waals surface area contributed by atoms with Crippen LogP contribution in [-0.4, -0.2) is 27.0 Å². The second-order valence-corrected chi connectivity index (χ2v) is 7.25. The highest BCUT2D eigenvalue weighted by atomic mass is 19.4. The summed E-state index contributed by atoms with van der Waals surface area (Å²) in [5, 5.41) is 2.55. The van der Waals surface area contributed by atoms with Crippen molar-refractivity contribution in [1.82, 2.24) is 14.0 Å². The zero-order valence-electron chi connectivity index (χ0n) is 17.9. The van der Waals surface area contributed by atoms with Crippen LogP contribution in [0.1, 0.15) is 11.3 Å². The number of rotatable bonds is 7. The van der Waals surface area contributed by atoms with E-state index < -0.39 is 29.8 Å². The predicted molar refractivity (Wildman–Crippen MR) is 117 cm³/mol. The zero-order valence-corrected chi connectivity index (χ0v) is 17.9. The maximum Gasteiger partial charge on any atom is 0.421 e. The van der Waals surface area contributed by atoms with Gasteiger partial charge in [0.1, 0.15) is 24.4 Å². The second-order valence-electron chi connectivity index (χ2n) is 7.25. The average molecular weight is 472 g/mol. The normalized spacial score (nSPS) is 11.4. The molecule has 0 unspecified atom stereocenters. The van der Waals surface area contributed by atoms with Crippen molar-refractivity contribution < 1.29 is 27.4 Å². The van der Waals surface area contributed by atoms with Gasteiger partial charge in [0, 0.05) is 30.3 Å². The molecule has 0 saturated heterocycles. The first-order valence-electron chi connectivity index (χ1n) is 10.0. The summed E-state index contributed by atoms with van der Waals surface area (Å²) in [5.74, 6) is 0.0577. The number of hydrogen-bond acceptors (Lipinski definition) is 5. The minimum Gasteiger partial charge on any atom is -0.493 e. The summed E-state index contributed by atoms with van der Waals surface area (Å²) in [6.07, 6.45) is -0.00713. The summed E-state index contributed by atoms with van der Waals surface area (Å²) in [7, 11) is 1.46. The van der Waals surface area contributed by atoms with Gasteiger partial charge in [-0.3, -0.25) is 9.59 Å². The number of pyridine rings is 2. The number of fused-ring (bicyclic) bond motifs is 1. The first-order valence-corrected chi connectivity index (χ1v) is 10.0. The van der Waals surface area contributed by atoms with Crippen molar-refractivity contribution in [1.29, 1.82) is 0 Å². The molecule has 11 heteroatoms. The summed E-state index contributed by atoms with van der Waals surface area (Å²) in [5.41, 5.74) is -0.882. The molecule has 176 valence electrons. The first-order chi connectivity index (χ1) is 16.2. The fraction of sp³-hybridized carbons (Fsp3) is 0.174. The molecule has 1 amide bonds. The Balaban J connectivity index is 1.47. The topological polar surface area (TPSA) is 86.9 Å². The van der Waals surface area contributed by atoms with E-state index in [1.807, 2.05) is 35.0 Å². The van der Waals surface area contributed by atoms with Gasteiger partial charge in [-0.2, -0.15) is 13.2 Å². The Hall–Kier alpha value is -4.28. The number of anilines is 1. The average Bonchev–Trinajstić information content (AvgIpc) is 3.21. The maximum atomic E-state index is 12.9. The van der Waals surface area contributed by atoms with Crippen molar-refractivity contribution >= 4 is 17.2 Å². The molecule has 1 aromatic carbocycles. The molecule has 3 aromatic heterocycles. The fourth-order valence-electron chi connectivity index (χ4n) is 3.31. The number of halogens is 3. The molecule has 0 saturated carbocycles. The van der Waals surface area contributed by atoms with E-state index in [1.165, 1.54) is 13.2 Å². The highest BCUT2D eigenvalue weighted by molar-refractivity contribution is 5.91. The summed E-state index contributed by atoms with van der Waals surface area (Å²) >= 11 is 0. The third kappa shape index (κ3) is 5.03. The summed E-state index contributed by atoms with van der Waals surface area (Å²) < 4.78 is 52.5. The Bertz CT molecular complexity index is 1360. The quantitative estimate of drug-likeness (QED) is 0.443. The van der Waals surface area contributed by atoms with Crippen molar-refractivity contribution in [2.24, 2.45) is 0 Å². The molecular weight excluding hydrogens is 453 g/mol. The molecule has 0 aliphatic heterocycles. The number of ether oxygens (including phenoxy) is 2. The molecule has 0 bridgehead atoms. The van der Waals surface area contributed by atoms with Gasteiger partial charge in [0.2, 0.25) is 5.91 Å². The number of benzene rings is 1. The number of aromatic nitrogens is 3. The summed E-state index contributed by atoms with van der Waals surface area (Å²) in [4.78, 5) is 28.9. The lowest BCUT2D eigenvalue weighted by molar-refractivity contribution is -0.139. The van der Waals surface area contributed by atoms with Crippen LogP contribution in [0.2, 0.25) is 0 Å². The lowest BCUT2D eigenvalue weighted by Crippen LogP contribution is -2.31. The monoisotopic (exact) mass is 472 g/mol. The van der Waals surface area contributed by atoms with Crippen LogP contribution in [0, 0.1) is 0 Å². The van der Waals surface area contributed by atoms with E-state index in [0.717, 1.165) is 17.9 Å². The van der Waals surface area contributed by atoms with Crippen LogP contribution in [0.15, 0.2) is 71.9 Å². The molecular formula is C23H19F3N4O4. The number of alkyl halides is 3. The molecule has 8 nitrogen and oxygen atoms in total. The third-order valence-corrected chi connectivity index (χ3v) is 4.88. The number of methoxy groups -OCH3 is 1. The Labute approximate surface area is 191 Å². The van der Waals surface area contributed by atoms with Gasteiger partial charge < -0.3 is 23.8 Å². The molecule has 34 heavy (non-hydrogen) atoms. The van der Waals surface area contributed by atoms with E-state index >= 15 is 0 Å². The van der Waals surface area contributed by atoms with Gasteiger partial charge in [-0.1, -0.05) is 6.07 Å². The molecule has 0 aliphatic carbocycles. The van der Waals surface area contributed by atoms with Crippen LogP contribution < -0.4 is 20.3 Å². The van der Waals surface area contributed by atoms with Crippen LogP contribution in [0.25, 0.3) is 5.65 Å². The van der Waals surface area contributed by atoms with Gasteiger partial charge in [0.05, 0.1) is 12.8 Å². The van der Waals surface area contributed by atoms with E-state index in [0.29, 0.717) is 33.5 Å². The van der Waals surface area contributed by atoms with Crippen LogP contribution in [-0.2, 0) is 24.1 Å². The second kappa shape index (κ2) is 9.30. The van der Waals surface area contributed by atoms with E-state index in [4.69, 9.17) is 9.47 Å². The molecule has 0 fully saturated rings. The zero-order chi connectivity index (χ0) is 24.3. The van der Waals surface area contributed by atoms with Crippen LogP contribution in [0.5, 0.6) is 11.5 Å². The Morgan fingerprint density at radius 3 is 2.65 bits per heavy atom. The van der Waals surface area contributed by atoms with Gasteiger partial charge in [-0.25, -0.2) is 4.98 Å². The van der Waals surface area contributed by atoms with Gasteiger partial charge in [0.25, 0.3) is 5.56 Å².